The van der Waals surface area contributed by atoms with E-state index in [4.69, 9.17) is 4.74 Å². The van der Waals surface area contributed by atoms with Crippen molar-refractivity contribution in [2.24, 2.45) is 0 Å². The monoisotopic (exact) mass is 253 g/mol. The molecule has 0 saturated heterocycles. The van der Waals surface area contributed by atoms with Crippen LogP contribution in [0.2, 0.25) is 0 Å². The van der Waals surface area contributed by atoms with E-state index in [2.05, 4.69) is 11.9 Å². The third-order valence-corrected chi connectivity index (χ3v) is 4.21. The van der Waals surface area contributed by atoms with E-state index in [0.717, 1.165) is 41.3 Å². The van der Waals surface area contributed by atoms with Gasteiger partial charge in [-0.1, -0.05) is 13.3 Å². The highest BCUT2D eigenvalue weighted by Crippen LogP contribution is 2.33. The molecule has 1 atom stereocenters. The largest absolute Gasteiger partial charge is 0.371 e. The Hall–Kier alpha value is -0.740. The predicted octanol–water partition coefficient (Wildman–Crippen LogP) is 3.54. The zero-order chi connectivity index (χ0) is 12.3. The highest BCUT2D eigenvalue weighted by Gasteiger charge is 2.25. The summed E-state index contributed by atoms with van der Waals surface area (Å²) in [5.41, 5.74) is 1.00. The SMILES string of the molecule is CCCC(OCC)c1nc2c(s1)C(=O)CCC2. The zero-order valence-corrected chi connectivity index (χ0v) is 11.3. The molecule has 0 radical (unpaired) electrons. The van der Waals surface area contributed by atoms with Crippen molar-refractivity contribution in [2.75, 3.05) is 6.61 Å². The second-order valence-corrected chi connectivity index (χ2v) is 5.37. The first-order chi connectivity index (χ1) is 8.26. The Morgan fingerprint density at radius 2 is 2.24 bits per heavy atom. The van der Waals surface area contributed by atoms with Gasteiger partial charge in [0.25, 0.3) is 0 Å². The zero-order valence-electron chi connectivity index (χ0n) is 10.5. The smallest absolute Gasteiger partial charge is 0.174 e. The highest BCUT2D eigenvalue weighted by atomic mass is 32.1. The van der Waals surface area contributed by atoms with Gasteiger partial charge < -0.3 is 4.74 Å². The summed E-state index contributed by atoms with van der Waals surface area (Å²) in [7, 11) is 0. The first-order valence-electron chi connectivity index (χ1n) is 6.40. The molecule has 1 aliphatic rings. The number of ether oxygens (including phenoxy) is 1. The van der Waals surface area contributed by atoms with Crippen LogP contribution in [0, 0.1) is 0 Å². The molecular weight excluding hydrogens is 234 g/mol. The maximum atomic E-state index is 11.8. The number of thiazole rings is 1. The van der Waals surface area contributed by atoms with Gasteiger partial charge in [0.15, 0.2) is 5.78 Å². The molecule has 1 aromatic rings. The van der Waals surface area contributed by atoms with Crippen LogP contribution in [0.1, 0.15) is 66.0 Å². The Morgan fingerprint density at radius 1 is 1.41 bits per heavy atom. The van der Waals surface area contributed by atoms with Crippen molar-refractivity contribution in [1.82, 2.24) is 4.98 Å². The van der Waals surface area contributed by atoms with Crippen molar-refractivity contribution in [2.45, 2.75) is 52.1 Å². The molecule has 17 heavy (non-hydrogen) atoms. The highest BCUT2D eigenvalue weighted by molar-refractivity contribution is 7.14. The Balaban J connectivity index is 2.22. The Labute approximate surface area is 106 Å². The van der Waals surface area contributed by atoms with E-state index in [1.165, 1.54) is 0 Å². The van der Waals surface area contributed by atoms with E-state index in [1.807, 2.05) is 6.92 Å². The topological polar surface area (TPSA) is 39.2 Å². The first-order valence-corrected chi connectivity index (χ1v) is 7.22. The van der Waals surface area contributed by atoms with E-state index in [9.17, 15) is 4.79 Å². The number of Topliss-reactive ketones (excluding diaryl/α,β-unsaturated/α-hetero) is 1. The third-order valence-electron chi connectivity index (χ3n) is 2.98. The molecule has 1 unspecified atom stereocenters. The number of ketones is 1. The number of hydrogen-bond donors (Lipinski definition) is 0. The molecule has 1 aromatic heterocycles. The van der Waals surface area contributed by atoms with Crippen LogP contribution in [-0.2, 0) is 11.2 Å². The van der Waals surface area contributed by atoms with Crippen molar-refractivity contribution < 1.29 is 9.53 Å². The number of aromatic nitrogens is 1. The van der Waals surface area contributed by atoms with Gasteiger partial charge in [-0.25, -0.2) is 4.98 Å². The van der Waals surface area contributed by atoms with Crippen LogP contribution in [0.3, 0.4) is 0 Å². The van der Waals surface area contributed by atoms with Gasteiger partial charge in [0.2, 0.25) is 0 Å². The van der Waals surface area contributed by atoms with Gasteiger partial charge in [-0.05, 0) is 26.2 Å². The summed E-state index contributed by atoms with van der Waals surface area (Å²) in [6.45, 7) is 4.84. The lowest BCUT2D eigenvalue weighted by molar-refractivity contribution is 0.0554. The van der Waals surface area contributed by atoms with Crippen LogP contribution in [0.4, 0.5) is 0 Å². The molecule has 0 aromatic carbocycles. The maximum absolute atomic E-state index is 11.8. The average Bonchev–Trinajstić information content (AvgIpc) is 2.74. The van der Waals surface area contributed by atoms with Crippen LogP contribution < -0.4 is 0 Å². The van der Waals surface area contributed by atoms with E-state index in [-0.39, 0.29) is 11.9 Å². The van der Waals surface area contributed by atoms with Crippen molar-refractivity contribution in [1.29, 1.82) is 0 Å². The van der Waals surface area contributed by atoms with E-state index in [1.54, 1.807) is 11.3 Å². The molecule has 0 aliphatic heterocycles. The molecule has 0 bridgehead atoms. The molecule has 0 amide bonds. The molecule has 4 heteroatoms. The lowest BCUT2D eigenvalue weighted by atomic mass is 10.0. The minimum atomic E-state index is 0.0772. The fourth-order valence-corrected chi connectivity index (χ4v) is 3.33. The van der Waals surface area contributed by atoms with Crippen LogP contribution >= 0.6 is 11.3 Å². The van der Waals surface area contributed by atoms with Gasteiger partial charge in [0.05, 0.1) is 10.6 Å². The minimum absolute atomic E-state index is 0.0772. The molecule has 0 saturated carbocycles. The van der Waals surface area contributed by atoms with Gasteiger partial charge in [-0.3, -0.25) is 4.79 Å². The molecule has 3 nitrogen and oxygen atoms in total. The Kier molecular flexibility index (Phi) is 4.29. The van der Waals surface area contributed by atoms with Gasteiger partial charge in [-0.15, -0.1) is 11.3 Å². The molecule has 0 N–H and O–H groups in total. The van der Waals surface area contributed by atoms with Crippen LogP contribution in [0.5, 0.6) is 0 Å². The van der Waals surface area contributed by atoms with Gasteiger partial charge >= 0.3 is 0 Å². The quantitative estimate of drug-likeness (QED) is 0.805. The molecule has 1 heterocycles. The molecule has 0 spiro atoms. The lowest BCUT2D eigenvalue weighted by Crippen LogP contribution is -2.08. The molecular formula is C13H19NO2S. The maximum Gasteiger partial charge on any atom is 0.174 e. The number of carbonyl (C=O) groups excluding carboxylic acids is 1. The summed E-state index contributed by atoms with van der Waals surface area (Å²) in [5.74, 6) is 0.266. The van der Waals surface area contributed by atoms with E-state index >= 15 is 0 Å². The van der Waals surface area contributed by atoms with Gasteiger partial charge in [0, 0.05) is 13.0 Å². The van der Waals surface area contributed by atoms with Crippen LogP contribution in [0.15, 0.2) is 0 Å². The van der Waals surface area contributed by atoms with Crippen molar-refractivity contribution in [3.8, 4) is 0 Å². The summed E-state index contributed by atoms with van der Waals surface area (Å²) >= 11 is 1.55. The molecule has 94 valence electrons. The van der Waals surface area contributed by atoms with Gasteiger partial charge in [-0.2, -0.15) is 0 Å². The second kappa shape index (κ2) is 5.74. The molecule has 0 fully saturated rings. The second-order valence-electron chi connectivity index (χ2n) is 4.34. The van der Waals surface area contributed by atoms with E-state index in [0.29, 0.717) is 13.0 Å². The average molecular weight is 253 g/mol. The number of carbonyl (C=O) groups is 1. The standard InChI is InChI=1S/C13H19NO2S/c1-3-6-11(16-4-2)13-14-9-7-5-8-10(15)12(9)17-13/h11H,3-8H2,1-2H3. The van der Waals surface area contributed by atoms with Crippen LogP contribution in [0.25, 0.3) is 0 Å². The number of aryl methyl sites for hydroxylation is 1. The number of fused-ring (bicyclic) bond motifs is 1. The van der Waals surface area contributed by atoms with E-state index < -0.39 is 0 Å². The van der Waals surface area contributed by atoms with Gasteiger partial charge in [0.1, 0.15) is 11.1 Å². The van der Waals surface area contributed by atoms with Crippen molar-refractivity contribution >= 4 is 17.1 Å². The first kappa shape index (κ1) is 12.7. The summed E-state index contributed by atoms with van der Waals surface area (Å²) in [6, 6.07) is 0. The lowest BCUT2D eigenvalue weighted by Gasteiger charge is -2.12. The Bertz CT molecular complexity index is 394. The number of hydrogen-bond acceptors (Lipinski definition) is 4. The minimum Gasteiger partial charge on any atom is -0.371 e. The van der Waals surface area contributed by atoms with Crippen molar-refractivity contribution in [3.63, 3.8) is 0 Å². The van der Waals surface area contributed by atoms with Crippen LogP contribution in [-0.4, -0.2) is 17.4 Å². The summed E-state index contributed by atoms with van der Waals surface area (Å²) in [6.07, 6.45) is 4.71. The molecule has 2 rings (SSSR count). The summed E-state index contributed by atoms with van der Waals surface area (Å²) in [4.78, 5) is 17.3. The normalized spacial score (nSPS) is 16.9. The number of nitrogens with zero attached hydrogens (tertiary/aromatic N) is 1. The number of rotatable bonds is 5. The summed E-state index contributed by atoms with van der Waals surface area (Å²) in [5, 5.41) is 0.994. The third kappa shape index (κ3) is 2.75. The summed E-state index contributed by atoms with van der Waals surface area (Å²) < 4.78 is 5.72. The fourth-order valence-electron chi connectivity index (χ4n) is 2.17. The predicted molar refractivity (Wildman–Crippen MR) is 68.7 cm³/mol. The fraction of sp³-hybridized carbons (Fsp3) is 0.692. The van der Waals surface area contributed by atoms with Crippen molar-refractivity contribution in [3.05, 3.63) is 15.6 Å². The molecule has 1 aliphatic carbocycles. The Morgan fingerprint density at radius 3 is 2.88 bits per heavy atom.